The zero-order valence-corrected chi connectivity index (χ0v) is 14.3. The molecule has 0 fully saturated rings. The molecule has 1 unspecified atom stereocenters. The van der Waals surface area contributed by atoms with E-state index in [4.69, 9.17) is 0 Å². The first-order chi connectivity index (χ1) is 10.5. The highest BCUT2D eigenvalue weighted by Crippen LogP contribution is 2.35. The van der Waals surface area contributed by atoms with E-state index in [0.29, 0.717) is 25.6 Å². The van der Waals surface area contributed by atoms with Gasteiger partial charge in [-0.1, -0.05) is 24.3 Å². The molecule has 0 radical (unpaired) electrons. The van der Waals surface area contributed by atoms with Crippen LogP contribution in [0.3, 0.4) is 0 Å². The van der Waals surface area contributed by atoms with Gasteiger partial charge < -0.3 is 5.11 Å². The third-order valence-electron chi connectivity index (χ3n) is 4.52. The first kappa shape index (κ1) is 17.4. The van der Waals surface area contributed by atoms with Crippen molar-refractivity contribution in [2.75, 3.05) is 25.4 Å². The Bertz CT molecular complexity index is 583. The Hall–Kier alpha value is -0.910. The summed E-state index contributed by atoms with van der Waals surface area (Å²) in [6, 6.07) is 8.74. The van der Waals surface area contributed by atoms with E-state index < -0.39 is 9.84 Å². The molecule has 5 heteroatoms. The van der Waals surface area contributed by atoms with Crippen molar-refractivity contribution in [3.63, 3.8) is 0 Å². The molecular weight excluding hydrogens is 298 g/mol. The Morgan fingerprint density at radius 2 is 2.00 bits per heavy atom. The molecule has 1 aromatic carbocycles. The van der Waals surface area contributed by atoms with E-state index in [-0.39, 0.29) is 17.6 Å². The van der Waals surface area contributed by atoms with Gasteiger partial charge in [0.05, 0.1) is 17.6 Å². The number of nitrogens with zero attached hydrogens (tertiary/aromatic N) is 1. The number of hydrogen-bond acceptors (Lipinski definition) is 4. The SMILES string of the molecule is CC(C)S(=O)(=O)CCCN(CCO)C1CCc2ccccc21. The first-order valence-corrected chi connectivity index (χ1v) is 9.81. The Kier molecular flexibility index (Phi) is 6.01. The zero-order chi connectivity index (χ0) is 16.2. The average molecular weight is 325 g/mol. The Morgan fingerprint density at radius 1 is 1.27 bits per heavy atom. The summed E-state index contributed by atoms with van der Waals surface area (Å²) in [7, 11) is -2.98. The van der Waals surface area contributed by atoms with Crippen molar-refractivity contribution >= 4 is 9.84 Å². The molecule has 4 nitrogen and oxygen atoms in total. The topological polar surface area (TPSA) is 57.6 Å². The predicted molar refractivity (Wildman–Crippen MR) is 89.7 cm³/mol. The number of fused-ring (bicyclic) bond motifs is 1. The molecule has 2 rings (SSSR count). The molecule has 22 heavy (non-hydrogen) atoms. The third-order valence-corrected chi connectivity index (χ3v) is 6.82. The number of hydrogen-bond donors (Lipinski definition) is 1. The highest BCUT2D eigenvalue weighted by atomic mass is 32.2. The van der Waals surface area contributed by atoms with E-state index in [1.807, 2.05) is 0 Å². The van der Waals surface area contributed by atoms with Gasteiger partial charge in [-0.2, -0.15) is 0 Å². The molecule has 0 saturated heterocycles. The summed E-state index contributed by atoms with van der Waals surface area (Å²) >= 11 is 0. The molecule has 0 spiro atoms. The molecule has 0 saturated carbocycles. The molecule has 1 aliphatic rings. The molecule has 0 amide bonds. The maximum Gasteiger partial charge on any atom is 0.152 e. The van der Waals surface area contributed by atoms with Crippen LogP contribution in [-0.4, -0.2) is 49.1 Å². The van der Waals surface area contributed by atoms with E-state index in [1.165, 1.54) is 11.1 Å². The van der Waals surface area contributed by atoms with Crippen LogP contribution in [0.2, 0.25) is 0 Å². The van der Waals surface area contributed by atoms with Crippen LogP contribution in [-0.2, 0) is 16.3 Å². The van der Waals surface area contributed by atoms with Crippen molar-refractivity contribution in [2.45, 2.75) is 44.4 Å². The van der Waals surface area contributed by atoms with Gasteiger partial charge in [0, 0.05) is 12.6 Å². The summed E-state index contributed by atoms with van der Waals surface area (Å²) in [4.78, 5) is 2.24. The minimum atomic E-state index is -2.98. The van der Waals surface area contributed by atoms with Crippen molar-refractivity contribution in [1.82, 2.24) is 4.90 Å². The molecule has 0 aliphatic heterocycles. The van der Waals surface area contributed by atoms with Crippen LogP contribution in [0.15, 0.2) is 24.3 Å². The van der Waals surface area contributed by atoms with Gasteiger partial charge in [0.25, 0.3) is 0 Å². The summed E-state index contributed by atoms with van der Waals surface area (Å²) in [5, 5.41) is 9.02. The number of rotatable bonds is 8. The van der Waals surface area contributed by atoms with Crippen LogP contribution in [0.1, 0.15) is 43.9 Å². The van der Waals surface area contributed by atoms with Crippen LogP contribution in [0.5, 0.6) is 0 Å². The lowest BCUT2D eigenvalue weighted by atomic mass is 10.1. The quantitative estimate of drug-likeness (QED) is 0.796. The maximum absolute atomic E-state index is 11.9. The largest absolute Gasteiger partial charge is 0.395 e. The lowest BCUT2D eigenvalue weighted by molar-refractivity contribution is 0.150. The second-order valence-corrected chi connectivity index (χ2v) is 8.96. The average Bonchev–Trinajstić information content (AvgIpc) is 2.90. The molecule has 1 N–H and O–H groups in total. The van der Waals surface area contributed by atoms with E-state index >= 15 is 0 Å². The molecule has 0 aromatic heterocycles. The Labute approximate surface area is 134 Å². The minimum Gasteiger partial charge on any atom is -0.395 e. The summed E-state index contributed by atoms with van der Waals surface area (Å²) in [6.45, 7) is 4.88. The van der Waals surface area contributed by atoms with Gasteiger partial charge in [-0.05, 0) is 50.8 Å². The number of aryl methyl sites for hydroxylation is 1. The minimum absolute atomic E-state index is 0.107. The van der Waals surface area contributed by atoms with Crippen LogP contribution in [0, 0.1) is 0 Å². The van der Waals surface area contributed by atoms with Crippen LogP contribution < -0.4 is 0 Å². The highest BCUT2D eigenvalue weighted by molar-refractivity contribution is 7.91. The van der Waals surface area contributed by atoms with E-state index in [0.717, 1.165) is 12.8 Å². The van der Waals surface area contributed by atoms with Gasteiger partial charge in [-0.15, -0.1) is 0 Å². The van der Waals surface area contributed by atoms with Crippen molar-refractivity contribution in [2.24, 2.45) is 0 Å². The molecule has 0 heterocycles. The molecule has 0 bridgehead atoms. The highest BCUT2D eigenvalue weighted by Gasteiger charge is 2.27. The monoisotopic (exact) mass is 325 g/mol. The molecular formula is C17H27NO3S. The Balaban J connectivity index is 2.00. The van der Waals surface area contributed by atoms with E-state index in [9.17, 15) is 13.5 Å². The van der Waals surface area contributed by atoms with Gasteiger partial charge in [0.15, 0.2) is 9.84 Å². The van der Waals surface area contributed by atoms with Gasteiger partial charge in [0.2, 0.25) is 0 Å². The van der Waals surface area contributed by atoms with E-state index in [2.05, 4.69) is 29.2 Å². The van der Waals surface area contributed by atoms with Gasteiger partial charge in [0.1, 0.15) is 0 Å². The molecule has 124 valence electrons. The zero-order valence-electron chi connectivity index (χ0n) is 13.5. The predicted octanol–water partition coefficient (Wildman–Crippen LogP) is 2.18. The number of sulfone groups is 1. The standard InChI is InChI=1S/C17H27NO3S/c1-14(2)22(20,21)13-5-10-18(11-12-19)17-9-8-15-6-3-4-7-16(15)17/h3-4,6-7,14,17,19H,5,8-13H2,1-2H3. The second kappa shape index (κ2) is 7.57. The molecule has 1 aliphatic carbocycles. The van der Waals surface area contributed by atoms with Crippen LogP contribution >= 0.6 is 0 Å². The number of benzene rings is 1. The maximum atomic E-state index is 11.9. The lowest BCUT2D eigenvalue weighted by Gasteiger charge is -2.29. The summed E-state index contributed by atoms with van der Waals surface area (Å²) in [6.07, 6.45) is 2.74. The first-order valence-electron chi connectivity index (χ1n) is 8.10. The van der Waals surface area contributed by atoms with Crippen LogP contribution in [0.4, 0.5) is 0 Å². The Morgan fingerprint density at radius 3 is 2.68 bits per heavy atom. The molecule has 1 aromatic rings. The summed E-state index contributed by atoms with van der Waals surface area (Å²) in [5.41, 5.74) is 2.72. The number of aliphatic hydroxyl groups excluding tert-OH is 1. The van der Waals surface area contributed by atoms with Gasteiger partial charge in [-0.3, -0.25) is 4.90 Å². The van der Waals surface area contributed by atoms with E-state index in [1.54, 1.807) is 13.8 Å². The summed E-state index contributed by atoms with van der Waals surface area (Å²) < 4.78 is 23.8. The van der Waals surface area contributed by atoms with Crippen molar-refractivity contribution in [3.05, 3.63) is 35.4 Å². The van der Waals surface area contributed by atoms with Gasteiger partial charge >= 0.3 is 0 Å². The second-order valence-electron chi connectivity index (χ2n) is 6.28. The van der Waals surface area contributed by atoms with Gasteiger partial charge in [-0.25, -0.2) is 8.42 Å². The fourth-order valence-electron chi connectivity index (χ4n) is 3.17. The van der Waals surface area contributed by atoms with Crippen molar-refractivity contribution < 1.29 is 13.5 Å². The van der Waals surface area contributed by atoms with Crippen LogP contribution in [0.25, 0.3) is 0 Å². The lowest BCUT2D eigenvalue weighted by Crippen LogP contribution is -2.33. The summed E-state index contributed by atoms with van der Waals surface area (Å²) in [5.74, 6) is 0.223. The molecule has 1 atom stereocenters. The fraction of sp³-hybridized carbons (Fsp3) is 0.647. The third kappa shape index (κ3) is 4.09. The van der Waals surface area contributed by atoms with Crippen molar-refractivity contribution in [1.29, 1.82) is 0 Å². The normalized spacial score (nSPS) is 18.1. The smallest absolute Gasteiger partial charge is 0.152 e. The van der Waals surface area contributed by atoms with Crippen molar-refractivity contribution in [3.8, 4) is 0 Å². The fourth-order valence-corrected chi connectivity index (χ4v) is 4.17. The number of aliphatic hydroxyl groups is 1.